The number of thiophene rings is 1. The summed E-state index contributed by atoms with van der Waals surface area (Å²) >= 11 is 1.63. The average Bonchev–Trinajstić information content (AvgIpc) is 3.26. The summed E-state index contributed by atoms with van der Waals surface area (Å²) in [5.41, 5.74) is 3.69. The number of para-hydroxylation sites is 1. The van der Waals surface area contributed by atoms with Crippen LogP contribution in [0.5, 0.6) is 0 Å². The number of amides is 1. The maximum atomic E-state index is 12.0. The van der Waals surface area contributed by atoms with Crippen molar-refractivity contribution in [3.8, 4) is 11.4 Å². The number of fused-ring (bicyclic) bond motifs is 1. The third-order valence-electron chi connectivity index (χ3n) is 4.45. The van der Waals surface area contributed by atoms with Crippen LogP contribution in [0.1, 0.15) is 15.9 Å². The Labute approximate surface area is 167 Å². The van der Waals surface area contributed by atoms with E-state index in [4.69, 9.17) is 9.97 Å². The van der Waals surface area contributed by atoms with E-state index in [9.17, 15) is 4.79 Å². The second-order valence-electron chi connectivity index (χ2n) is 6.68. The Morgan fingerprint density at radius 2 is 1.82 bits per heavy atom. The Morgan fingerprint density at radius 3 is 2.54 bits per heavy atom. The molecular formula is C22H20N4OS. The molecule has 0 aliphatic carbocycles. The van der Waals surface area contributed by atoms with Crippen molar-refractivity contribution in [2.24, 2.45) is 0 Å². The molecule has 2 aromatic heterocycles. The molecule has 0 bridgehead atoms. The highest BCUT2D eigenvalue weighted by atomic mass is 32.1. The van der Waals surface area contributed by atoms with Crippen molar-refractivity contribution in [3.05, 3.63) is 76.5 Å². The van der Waals surface area contributed by atoms with Gasteiger partial charge in [0.1, 0.15) is 5.82 Å². The zero-order chi connectivity index (χ0) is 19.5. The maximum Gasteiger partial charge on any atom is 0.253 e. The van der Waals surface area contributed by atoms with E-state index in [1.165, 1.54) is 0 Å². The molecule has 0 aliphatic heterocycles. The van der Waals surface area contributed by atoms with E-state index >= 15 is 0 Å². The zero-order valence-corrected chi connectivity index (χ0v) is 16.5. The van der Waals surface area contributed by atoms with Crippen LogP contribution in [-0.4, -0.2) is 34.9 Å². The van der Waals surface area contributed by atoms with E-state index < -0.39 is 0 Å². The van der Waals surface area contributed by atoms with Gasteiger partial charge in [0.15, 0.2) is 5.82 Å². The highest BCUT2D eigenvalue weighted by Gasteiger charge is 2.10. The lowest BCUT2D eigenvalue weighted by Crippen LogP contribution is -2.21. The van der Waals surface area contributed by atoms with E-state index in [1.54, 1.807) is 30.3 Å². The molecule has 0 unspecified atom stereocenters. The van der Waals surface area contributed by atoms with E-state index in [0.717, 1.165) is 33.7 Å². The lowest BCUT2D eigenvalue weighted by atomic mass is 10.1. The second kappa shape index (κ2) is 7.78. The van der Waals surface area contributed by atoms with E-state index in [1.807, 2.05) is 65.4 Å². The molecule has 0 fully saturated rings. The largest absolute Gasteiger partial charge is 0.365 e. The number of nitrogens with zero attached hydrogens (tertiary/aromatic N) is 3. The molecule has 4 aromatic rings. The molecule has 28 heavy (non-hydrogen) atoms. The Morgan fingerprint density at radius 1 is 1.04 bits per heavy atom. The Bertz CT molecular complexity index is 1110. The maximum absolute atomic E-state index is 12.0. The summed E-state index contributed by atoms with van der Waals surface area (Å²) in [6.07, 6.45) is 0. The fraction of sp³-hybridized carbons (Fsp3) is 0.136. The first kappa shape index (κ1) is 18.1. The fourth-order valence-electron chi connectivity index (χ4n) is 2.94. The Hall–Kier alpha value is -3.25. The smallest absolute Gasteiger partial charge is 0.253 e. The SMILES string of the molecule is CN(C)C(=O)c1ccc(CNc2nc(-c3ccsc3)nc3ccccc23)cc1. The Kier molecular flexibility index (Phi) is 5.04. The first-order chi connectivity index (χ1) is 13.6. The van der Waals surface area contributed by atoms with Crippen LogP contribution in [0.2, 0.25) is 0 Å². The summed E-state index contributed by atoms with van der Waals surface area (Å²) in [5, 5.41) is 8.50. The minimum absolute atomic E-state index is 0.00158. The normalized spacial score (nSPS) is 10.8. The summed E-state index contributed by atoms with van der Waals surface area (Å²) in [4.78, 5) is 23.0. The molecule has 140 valence electrons. The molecule has 4 rings (SSSR count). The van der Waals surface area contributed by atoms with E-state index in [2.05, 4.69) is 5.32 Å². The topological polar surface area (TPSA) is 58.1 Å². The molecule has 0 saturated heterocycles. The van der Waals surface area contributed by atoms with Gasteiger partial charge in [-0.3, -0.25) is 4.79 Å². The van der Waals surface area contributed by atoms with Gasteiger partial charge >= 0.3 is 0 Å². The lowest BCUT2D eigenvalue weighted by molar-refractivity contribution is 0.0827. The molecule has 0 spiro atoms. The van der Waals surface area contributed by atoms with Crippen molar-refractivity contribution in [1.82, 2.24) is 14.9 Å². The summed E-state index contributed by atoms with van der Waals surface area (Å²) in [6.45, 7) is 0.612. The van der Waals surface area contributed by atoms with Crippen molar-refractivity contribution in [3.63, 3.8) is 0 Å². The van der Waals surface area contributed by atoms with Crippen molar-refractivity contribution in [2.75, 3.05) is 19.4 Å². The summed E-state index contributed by atoms with van der Waals surface area (Å²) in [5.74, 6) is 1.52. The van der Waals surface area contributed by atoms with Gasteiger partial charge in [-0.25, -0.2) is 9.97 Å². The number of hydrogen-bond donors (Lipinski definition) is 1. The van der Waals surface area contributed by atoms with Gasteiger partial charge in [-0.2, -0.15) is 11.3 Å². The number of nitrogens with one attached hydrogen (secondary N) is 1. The minimum atomic E-state index is 0.00158. The molecular weight excluding hydrogens is 368 g/mol. The second-order valence-corrected chi connectivity index (χ2v) is 7.46. The molecule has 1 N–H and O–H groups in total. The number of rotatable bonds is 5. The van der Waals surface area contributed by atoms with Crippen LogP contribution in [0.25, 0.3) is 22.3 Å². The molecule has 1 amide bonds. The van der Waals surface area contributed by atoms with Gasteiger partial charge in [0, 0.05) is 42.5 Å². The van der Waals surface area contributed by atoms with Crippen LogP contribution >= 0.6 is 11.3 Å². The number of carbonyl (C=O) groups is 1. The number of aromatic nitrogens is 2. The van der Waals surface area contributed by atoms with Crippen LogP contribution < -0.4 is 5.32 Å². The van der Waals surface area contributed by atoms with Gasteiger partial charge in [-0.15, -0.1) is 0 Å². The molecule has 2 aromatic carbocycles. The third-order valence-corrected chi connectivity index (χ3v) is 5.13. The first-order valence-corrected chi connectivity index (χ1v) is 9.90. The van der Waals surface area contributed by atoms with Crippen LogP contribution in [-0.2, 0) is 6.54 Å². The molecule has 2 heterocycles. The minimum Gasteiger partial charge on any atom is -0.365 e. The summed E-state index contributed by atoms with van der Waals surface area (Å²) in [6, 6.07) is 17.7. The van der Waals surface area contributed by atoms with Crippen molar-refractivity contribution in [1.29, 1.82) is 0 Å². The van der Waals surface area contributed by atoms with Gasteiger partial charge in [0.25, 0.3) is 5.91 Å². The van der Waals surface area contributed by atoms with Crippen LogP contribution in [0, 0.1) is 0 Å². The predicted octanol–water partition coefficient (Wildman–Crippen LogP) is 4.67. The summed E-state index contributed by atoms with van der Waals surface area (Å²) < 4.78 is 0. The van der Waals surface area contributed by atoms with Crippen molar-refractivity contribution >= 4 is 34.0 Å². The first-order valence-electron chi connectivity index (χ1n) is 8.95. The molecule has 0 radical (unpaired) electrons. The van der Waals surface area contributed by atoms with Gasteiger partial charge in [0.2, 0.25) is 0 Å². The highest BCUT2D eigenvalue weighted by Crippen LogP contribution is 2.26. The van der Waals surface area contributed by atoms with Crippen LogP contribution in [0.3, 0.4) is 0 Å². The van der Waals surface area contributed by atoms with Crippen molar-refractivity contribution in [2.45, 2.75) is 6.54 Å². The number of benzene rings is 2. The molecule has 0 aliphatic rings. The quantitative estimate of drug-likeness (QED) is 0.540. The van der Waals surface area contributed by atoms with Crippen molar-refractivity contribution < 1.29 is 4.79 Å². The standard InChI is InChI=1S/C22H20N4OS/c1-26(2)22(27)16-9-7-15(8-10-16)13-23-21-18-5-3-4-6-19(18)24-20(25-21)17-11-12-28-14-17/h3-12,14H,13H2,1-2H3,(H,23,24,25). The predicted molar refractivity (Wildman–Crippen MR) is 115 cm³/mol. The Balaban J connectivity index is 1.60. The molecule has 5 nitrogen and oxygen atoms in total. The average molecular weight is 388 g/mol. The zero-order valence-electron chi connectivity index (χ0n) is 15.7. The monoisotopic (exact) mass is 388 g/mol. The van der Waals surface area contributed by atoms with Gasteiger partial charge in [-0.1, -0.05) is 24.3 Å². The van der Waals surface area contributed by atoms with E-state index in [0.29, 0.717) is 12.1 Å². The van der Waals surface area contributed by atoms with Crippen LogP contribution in [0.4, 0.5) is 5.82 Å². The number of hydrogen-bond acceptors (Lipinski definition) is 5. The lowest BCUT2D eigenvalue weighted by Gasteiger charge is -2.12. The number of anilines is 1. The highest BCUT2D eigenvalue weighted by molar-refractivity contribution is 7.08. The van der Waals surface area contributed by atoms with Crippen LogP contribution in [0.15, 0.2) is 65.4 Å². The van der Waals surface area contributed by atoms with Gasteiger partial charge < -0.3 is 10.2 Å². The molecule has 0 atom stereocenters. The summed E-state index contributed by atoms with van der Waals surface area (Å²) in [7, 11) is 3.51. The fourth-order valence-corrected chi connectivity index (χ4v) is 3.58. The third kappa shape index (κ3) is 3.73. The molecule has 0 saturated carbocycles. The van der Waals surface area contributed by atoms with Gasteiger partial charge in [0.05, 0.1) is 5.52 Å². The van der Waals surface area contributed by atoms with E-state index in [-0.39, 0.29) is 5.91 Å². The molecule has 6 heteroatoms. The van der Waals surface area contributed by atoms with Gasteiger partial charge in [-0.05, 0) is 41.3 Å². The number of carbonyl (C=O) groups excluding carboxylic acids is 1.